The van der Waals surface area contributed by atoms with E-state index >= 15 is 0 Å². The number of nitrogens with one attached hydrogen (secondary N) is 1. The largest absolute Gasteiger partial charge is 0.369 e. The predicted molar refractivity (Wildman–Crippen MR) is 123 cm³/mol. The van der Waals surface area contributed by atoms with E-state index < -0.39 is 0 Å². The van der Waals surface area contributed by atoms with E-state index in [-0.39, 0.29) is 11.8 Å². The topological polar surface area (TPSA) is 66.3 Å². The van der Waals surface area contributed by atoms with Crippen LogP contribution in [0.1, 0.15) is 41.4 Å². The molecule has 1 aliphatic rings. The van der Waals surface area contributed by atoms with Crippen molar-refractivity contribution in [2.24, 2.45) is 0 Å². The van der Waals surface area contributed by atoms with Crippen molar-refractivity contribution >= 4 is 11.6 Å². The number of anilines is 1. The van der Waals surface area contributed by atoms with Gasteiger partial charge in [0.1, 0.15) is 0 Å². The first-order valence-corrected chi connectivity index (χ1v) is 10.8. The molecular weight excluding hydrogens is 388 g/mol. The Bertz CT molecular complexity index is 1020. The van der Waals surface area contributed by atoms with Gasteiger partial charge in [-0.05, 0) is 36.7 Å². The zero-order valence-electron chi connectivity index (χ0n) is 18.5. The molecule has 3 heterocycles. The first-order chi connectivity index (χ1) is 15.0. The molecule has 1 amide bonds. The molecule has 0 radical (unpaired) electrons. The number of benzene rings is 1. The molecule has 0 aliphatic carbocycles. The highest BCUT2D eigenvalue weighted by molar-refractivity contribution is 5.95. The van der Waals surface area contributed by atoms with Gasteiger partial charge in [-0.3, -0.25) is 4.79 Å². The minimum absolute atomic E-state index is 0.112. The summed E-state index contributed by atoms with van der Waals surface area (Å²) in [4.78, 5) is 22.2. The average Bonchev–Trinajstić information content (AvgIpc) is 3.25. The van der Waals surface area contributed by atoms with E-state index in [1.807, 2.05) is 24.3 Å². The Morgan fingerprint density at radius 2 is 1.81 bits per heavy atom. The maximum Gasteiger partial charge on any atom is 0.255 e. The fourth-order valence-electron chi connectivity index (χ4n) is 4.04. The summed E-state index contributed by atoms with van der Waals surface area (Å²) in [6.07, 6.45) is 3.38. The molecule has 1 fully saturated rings. The Morgan fingerprint density at radius 3 is 2.52 bits per heavy atom. The van der Waals surface area contributed by atoms with Gasteiger partial charge in [-0.15, -0.1) is 0 Å². The van der Waals surface area contributed by atoms with E-state index in [9.17, 15) is 4.79 Å². The highest BCUT2D eigenvalue weighted by Crippen LogP contribution is 2.24. The van der Waals surface area contributed by atoms with Crippen LogP contribution in [0, 0.1) is 0 Å². The normalized spacial score (nSPS) is 14.8. The van der Waals surface area contributed by atoms with Crippen LogP contribution in [0.15, 0.2) is 54.9 Å². The molecule has 31 heavy (non-hydrogen) atoms. The van der Waals surface area contributed by atoms with Crippen molar-refractivity contribution in [3.05, 3.63) is 71.7 Å². The number of amides is 1. The summed E-state index contributed by atoms with van der Waals surface area (Å²) >= 11 is 0. The lowest BCUT2D eigenvalue weighted by atomic mass is 10.0. The molecule has 1 aromatic carbocycles. The third-order valence-electron chi connectivity index (χ3n) is 5.74. The monoisotopic (exact) mass is 418 g/mol. The number of pyridine rings is 1. The van der Waals surface area contributed by atoms with Crippen molar-refractivity contribution in [1.82, 2.24) is 25.0 Å². The summed E-state index contributed by atoms with van der Waals surface area (Å²) in [5.41, 5.74) is 3.79. The molecule has 7 heteroatoms. The molecule has 0 spiro atoms. The summed E-state index contributed by atoms with van der Waals surface area (Å²) in [7, 11) is 2.15. The Hall–Kier alpha value is -3.19. The molecule has 162 valence electrons. The van der Waals surface area contributed by atoms with Gasteiger partial charge in [-0.1, -0.05) is 38.1 Å². The molecule has 4 rings (SSSR count). The molecule has 0 bridgehead atoms. The number of hydrogen-bond donors (Lipinski definition) is 1. The van der Waals surface area contributed by atoms with E-state index in [0.29, 0.717) is 17.9 Å². The number of nitrogens with zero attached hydrogens (tertiary/aromatic N) is 5. The number of hydrogen-bond acceptors (Lipinski definition) is 5. The third-order valence-corrected chi connectivity index (χ3v) is 5.74. The van der Waals surface area contributed by atoms with E-state index in [0.717, 1.165) is 37.4 Å². The fraction of sp³-hybridized carbons (Fsp3) is 0.375. The number of aromatic nitrogens is 3. The second kappa shape index (κ2) is 9.31. The van der Waals surface area contributed by atoms with Crippen LogP contribution in [-0.2, 0) is 6.54 Å². The van der Waals surface area contributed by atoms with Crippen LogP contribution in [0.3, 0.4) is 0 Å². The second-order valence-corrected chi connectivity index (χ2v) is 8.30. The van der Waals surface area contributed by atoms with Gasteiger partial charge in [0.2, 0.25) is 0 Å². The standard InChI is InChI=1S/C24H30N6O/c1-18(2)23-20(17-27-30(23)22-10-6-7-11-25-22)24(31)26-16-19-8-4-5-9-21(19)29-14-12-28(3)13-15-29/h4-11,17-18H,12-16H2,1-3H3,(H,26,31). The lowest BCUT2D eigenvalue weighted by Gasteiger charge is -2.35. The Kier molecular flexibility index (Phi) is 6.32. The first kappa shape index (κ1) is 21.1. The molecule has 2 aromatic heterocycles. The highest BCUT2D eigenvalue weighted by atomic mass is 16.1. The third kappa shape index (κ3) is 4.61. The minimum Gasteiger partial charge on any atom is -0.369 e. The molecule has 1 aliphatic heterocycles. The van der Waals surface area contributed by atoms with Gasteiger partial charge in [-0.2, -0.15) is 5.10 Å². The lowest BCUT2D eigenvalue weighted by Crippen LogP contribution is -2.45. The number of piperazine rings is 1. The smallest absolute Gasteiger partial charge is 0.255 e. The molecule has 7 nitrogen and oxygen atoms in total. The van der Waals surface area contributed by atoms with E-state index in [1.54, 1.807) is 17.1 Å². The van der Waals surface area contributed by atoms with Gasteiger partial charge in [0, 0.05) is 44.6 Å². The Balaban J connectivity index is 1.52. The second-order valence-electron chi connectivity index (χ2n) is 8.30. The van der Waals surface area contributed by atoms with Gasteiger partial charge < -0.3 is 15.1 Å². The molecule has 0 unspecified atom stereocenters. The van der Waals surface area contributed by atoms with E-state index in [2.05, 4.69) is 64.3 Å². The number of likely N-dealkylation sites (N-methyl/N-ethyl adjacent to an activating group) is 1. The minimum atomic E-state index is -0.112. The maximum absolute atomic E-state index is 13.1. The van der Waals surface area contributed by atoms with Crippen LogP contribution < -0.4 is 10.2 Å². The molecule has 3 aromatic rings. The van der Waals surface area contributed by atoms with Crippen LogP contribution in [-0.4, -0.2) is 58.8 Å². The molecular formula is C24H30N6O. The van der Waals surface area contributed by atoms with Crippen LogP contribution in [0.5, 0.6) is 0 Å². The molecule has 1 saturated heterocycles. The summed E-state index contributed by atoms with van der Waals surface area (Å²) in [5.74, 6) is 0.729. The van der Waals surface area contributed by atoms with Crippen molar-refractivity contribution in [3.63, 3.8) is 0 Å². The molecule has 1 N–H and O–H groups in total. The van der Waals surface area contributed by atoms with Gasteiger partial charge in [0.15, 0.2) is 5.82 Å². The van der Waals surface area contributed by atoms with Crippen LogP contribution >= 0.6 is 0 Å². The van der Waals surface area contributed by atoms with E-state index in [4.69, 9.17) is 0 Å². The summed E-state index contributed by atoms with van der Waals surface area (Å²) < 4.78 is 1.76. The number of carbonyl (C=O) groups excluding carboxylic acids is 1. The zero-order valence-corrected chi connectivity index (χ0v) is 18.5. The van der Waals surface area contributed by atoms with Crippen molar-refractivity contribution in [3.8, 4) is 5.82 Å². The zero-order chi connectivity index (χ0) is 21.8. The summed E-state index contributed by atoms with van der Waals surface area (Å²) in [6.45, 7) is 8.70. The average molecular weight is 419 g/mol. The number of carbonyl (C=O) groups is 1. The van der Waals surface area contributed by atoms with Gasteiger partial charge >= 0.3 is 0 Å². The molecule has 0 saturated carbocycles. The van der Waals surface area contributed by atoms with Crippen molar-refractivity contribution in [2.45, 2.75) is 26.3 Å². The number of para-hydroxylation sites is 1. The van der Waals surface area contributed by atoms with Crippen LogP contribution in [0.4, 0.5) is 5.69 Å². The van der Waals surface area contributed by atoms with Gasteiger partial charge in [0.05, 0.1) is 17.5 Å². The van der Waals surface area contributed by atoms with Gasteiger partial charge in [0.25, 0.3) is 5.91 Å². The van der Waals surface area contributed by atoms with Crippen LogP contribution in [0.25, 0.3) is 5.82 Å². The maximum atomic E-state index is 13.1. The molecule has 0 atom stereocenters. The van der Waals surface area contributed by atoms with Crippen molar-refractivity contribution in [1.29, 1.82) is 0 Å². The fourth-order valence-corrected chi connectivity index (χ4v) is 4.04. The Labute approximate surface area is 183 Å². The quantitative estimate of drug-likeness (QED) is 0.666. The summed E-state index contributed by atoms with van der Waals surface area (Å²) in [5, 5.41) is 7.58. The Morgan fingerprint density at radius 1 is 1.06 bits per heavy atom. The van der Waals surface area contributed by atoms with Crippen molar-refractivity contribution in [2.75, 3.05) is 38.1 Å². The van der Waals surface area contributed by atoms with E-state index in [1.165, 1.54) is 5.69 Å². The van der Waals surface area contributed by atoms with Crippen molar-refractivity contribution < 1.29 is 4.79 Å². The highest BCUT2D eigenvalue weighted by Gasteiger charge is 2.22. The first-order valence-electron chi connectivity index (χ1n) is 10.8. The number of rotatable bonds is 6. The lowest BCUT2D eigenvalue weighted by molar-refractivity contribution is 0.0949. The van der Waals surface area contributed by atoms with Crippen LogP contribution in [0.2, 0.25) is 0 Å². The predicted octanol–water partition coefficient (Wildman–Crippen LogP) is 3.07. The summed E-state index contributed by atoms with van der Waals surface area (Å²) in [6, 6.07) is 14.0. The SMILES string of the molecule is CC(C)c1c(C(=O)NCc2ccccc2N2CCN(C)CC2)cnn1-c1ccccn1. The van der Waals surface area contributed by atoms with Gasteiger partial charge in [-0.25, -0.2) is 9.67 Å².